The summed E-state index contributed by atoms with van der Waals surface area (Å²) in [6.07, 6.45) is 3.17. The van der Waals surface area contributed by atoms with E-state index in [0.717, 1.165) is 5.56 Å². The maximum atomic E-state index is 12.0. The van der Waals surface area contributed by atoms with Crippen molar-refractivity contribution in [3.05, 3.63) is 35.9 Å². The number of benzene rings is 1. The van der Waals surface area contributed by atoms with E-state index in [-0.39, 0.29) is 61.5 Å². The molecule has 2 rings (SSSR count). The van der Waals surface area contributed by atoms with Crippen molar-refractivity contribution in [3.63, 3.8) is 0 Å². The largest absolute Gasteiger partial charge is 0.352 e. The van der Waals surface area contributed by atoms with Crippen LogP contribution >= 0.6 is 0 Å². The van der Waals surface area contributed by atoms with E-state index in [1.54, 1.807) is 6.92 Å². The Hall–Kier alpha value is -3.23. The van der Waals surface area contributed by atoms with Crippen molar-refractivity contribution in [3.8, 4) is 0 Å². The van der Waals surface area contributed by atoms with E-state index in [0.29, 0.717) is 32.2 Å². The lowest BCUT2D eigenvalue weighted by molar-refractivity contribution is -0.139. The van der Waals surface area contributed by atoms with Crippen LogP contribution in [0.25, 0.3) is 0 Å². The molecule has 9 heteroatoms. The topological polar surface area (TPSA) is 125 Å². The SMILES string of the molecule is CC(Cc1ccccc1)NC(=O)CNC(=O)CNC(=O)CCCCCN1C(=O)CC(C)C1=O. The Morgan fingerprint density at radius 2 is 1.64 bits per heavy atom. The van der Waals surface area contributed by atoms with Gasteiger partial charge in [-0.1, -0.05) is 43.7 Å². The first-order valence-electron chi connectivity index (χ1n) is 11.5. The number of amides is 5. The lowest BCUT2D eigenvalue weighted by Gasteiger charge is -2.14. The molecule has 0 spiro atoms. The third-order valence-electron chi connectivity index (χ3n) is 5.44. The van der Waals surface area contributed by atoms with Gasteiger partial charge in [-0.05, 0) is 31.7 Å². The minimum atomic E-state index is -0.436. The number of hydrogen-bond donors (Lipinski definition) is 3. The fourth-order valence-corrected chi connectivity index (χ4v) is 3.67. The van der Waals surface area contributed by atoms with Crippen LogP contribution in [0.5, 0.6) is 0 Å². The Morgan fingerprint density at radius 3 is 2.30 bits per heavy atom. The molecule has 2 unspecified atom stereocenters. The number of unbranched alkanes of at least 4 members (excludes halogenated alkanes) is 2. The van der Waals surface area contributed by atoms with Crippen LogP contribution in [0, 0.1) is 5.92 Å². The summed E-state index contributed by atoms with van der Waals surface area (Å²) in [6.45, 7) is 3.69. The summed E-state index contributed by atoms with van der Waals surface area (Å²) in [5.74, 6) is -1.47. The smallest absolute Gasteiger partial charge is 0.239 e. The average Bonchev–Trinajstić information content (AvgIpc) is 3.02. The van der Waals surface area contributed by atoms with Gasteiger partial charge in [0.2, 0.25) is 29.5 Å². The van der Waals surface area contributed by atoms with Gasteiger partial charge in [0, 0.05) is 31.3 Å². The number of nitrogens with zero attached hydrogens (tertiary/aromatic N) is 1. The number of carbonyl (C=O) groups excluding carboxylic acids is 5. The van der Waals surface area contributed by atoms with E-state index in [1.165, 1.54) is 4.90 Å². The Balaban J connectivity index is 1.50. The fraction of sp³-hybridized carbons (Fsp3) is 0.542. The van der Waals surface area contributed by atoms with E-state index in [2.05, 4.69) is 16.0 Å². The van der Waals surface area contributed by atoms with Crippen LogP contribution in [0.15, 0.2) is 30.3 Å². The van der Waals surface area contributed by atoms with Gasteiger partial charge in [0.05, 0.1) is 13.1 Å². The molecule has 1 heterocycles. The zero-order chi connectivity index (χ0) is 24.2. The molecule has 33 heavy (non-hydrogen) atoms. The fourth-order valence-electron chi connectivity index (χ4n) is 3.67. The molecular formula is C24H34N4O5. The third-order valence-corrected chi connectivity index (χ3v) is 5.44. The molecule has 0 aliphatic carbocycles. The predicted molar refractivity (Wildman–Crippen MR) is 123 cm³/mol. The molecule has 9 nitrogen and oxygen atoms in total. The van der Waals surface area contributed by atoms with Gasteiger partial charge in [-0.3, -0.25) is 28.9 Å². The van der Waals surface area contributed by atoms with E-state index in [9.17, 15) is 24.0 Å². The first-order chi connectivity index (χ1) is 15.8. The van der Waals surface area contributed by atoms with Crippen molar-refractivity contribution in [1.29, 1.82) is 0 Å². The molecule has 0 bridgehead atoms. The van der Waals surface area contributed by atoms with E-state index in [1.807, 2.05) is 37.3 Å². The van der Waals surface area contributed by atoms with Gasteiger partial charge in [0.25, 0.3) is 0 Å². The Morgan fingerprint density at radius 1 is 0.970 bits per heavy atom. The second-order valence-electron chi connectivity index (χ2n) is 8.51. The average molecular weight is 459 g/mol. The van der Waals surface area contributed by atoms with Gasteiger partial charge in [-0.25, -0.2) is 0 Å². The molecule has 1 saturated heterocycles. The summed E-state index contributed by atoms with van der Waals surface area (Å²) in [5, 5.41) is 7.85. The van der Waals surface area contributed by atoms with Crippen LogP contribution in [0.3, 0.4) is 0 Å². The van der Waals surface area contributed by atoms with Gasteiger partial charge in [-0.15, -0.1) is 0 Å². The molecule has 1 aliphatic heterocycles. The molecule has 0 saturated carbocycles. The highest BCUT2D eigenvalue weighted by molar-refractivity contribution is 6.03. The molecule has 0 aromatic heterocycles. The first-order valence-corrected chi connectivity index (χ1v) is 11.5. The summed E-state index contributed by atoms with van der Waals surface area (Å²) in [4.78, 5) is 60.6. The zero-order valence-corrected chi connectivity index (χ0v) is 19.4. The zero-order valence-electron chi connectivity index (χ0n) is 19.4. The predicted octanol–water partition coefficient (Wildman–Crippen LogP) is 0.922. The normalized spacial score (nSPS) is 16.4. The summed E-state index contributed by atoms with van der Waals surface area (Å²) < 4.78 is 0. The number of rotatable bonds is 13. The molecule has 1 aromatic carbocycles. The van der Waals surface area contributed by atoms with Gasteiger partial charge < -0.3 is 16.0 Å². The highest BCUT2D eigenvalue weighted by atomic mass is 16.2. The summed E-state index contributed by atoms with van der Waals surface area (Å²) in [6, 6.07) is 9.73. The molecule has 5 amide bonds. The maximum Gasteiger partial charge on any atom is 0.239 e. The van der Waals surface area contributed by atoms with Crippen LogP contribution < -0.4 is 16.0 Å². The van der Waals surface area contributed by atoms with Crippen LogP contribution in [0.4, 0.5) is 0 Å². The number of hydrogen-bond acceptors (Lipinski definition) is 5. The summed E-state index contributed by atoms with van der Waals surface area (Å²) >= 11 is 0. The molecule has 1 aromatic rings. The van der Waals surface area contributed by atoms with Crippen LogP contribution in [0.2, 0.25) is 0 Å². The number of nitrogens with one attached hydrogen (secondary N) is 3. The quantitative estimate of drug-likeness (QED) is 0.300. The van der Waals surface area contributed by atoms with Gasteiger partial charge in [0.15, 0.2) is 0 Å². The van der Waals surface area contributed by atoms with Crippen molar-refractivity contribution >= 4 is 29.5 Å². The van der Waals surface area contributed by atoms with Gasteiger partial charge in [0.1, 0.15) is 0 Å². The number of carbonyl (C=O) groups is 5. The second kappa shape index (κ2) is 13.3. The van der Waals surface area contributed by atoms with Crippen molar-refractivity contribution in [2.75, 3.05) is 19.6 Å². The van der Waals surface area contributed by atoms with Gasteiger partial charge in [-0.2, -0.15) is 0 Å². The standard InChI is InChI=1S/C24H34N4O5/c1-17-13-23(32)28(24(17)33)12-8-4-7-11-20(29)25-15-21(30)26-16-22(31)27-18(2)14-19-9-5-3-6-10-19/h3,5-6,9-10,17-18H,4,7-8,11-16H2,1-2H3,(H,25,29)(H,26,30)(H,27,31). The molecule has 0 radical (unpaired) electrons. The van der Waals surface area contributed by atoms with E-state index in [4.69, 9.17) is 0 Å². The van der Waals surface area contributed by atoms with Crippen LogP contribution in [-0.2, 0) is 30.4 Å². The minimum absolute atomic E-state index is 0.0679. The van der Waals surface area contributed by atoms with Gasteiger partial charge >= 0.3 is 0 Å². The summed E-state index contributed by atoms with van der Waals surface area (Å²) in [5.41, 5.74) is 1.12. The highest BCUT2D eigenvalue weighted by Gasteiger charge is 2.34. The molecular weight excluding hydrogens is 424 g/mol. The Kier molecular flexibility index (Phi) is 10.5. The van der Waals surface area contributed by atoms with Crippen molar-refractivity contribution < 1.29 is 24.0 Å². The van der Waals surface area contributed by atoms with Crippen molar-refractivity contribution in [2.45, 2.75) is 58.4 Å². The van der Waals surface area contributed by atoms with Crippen molar-refractivity contribution in [1.82, 2.24) is 20.9 Å². The van der Waals surface area contributed by atoms with Crippen molar-refractivity contribution in [2.24, 2.45) is 5.92 Å². The molecule has 3 N–H and O–H groups in total. The highest BCUT2D eigenvalue weighted by Crippen LogP contribution is 2.19. The first kappa shape index (κ1) is 26.0. The Labute approximate surface area is 194 Å². The minimum Gasteiger partial charge on any atom is -0.352 e. The summed E-state index contributed by atoms with van der Waals surface area (Å²) in [7, 11) is 0. The lowest BCUT2D eigenvalue weighted by Crippen LogP contribution is -2.44. The Bertz CT molecular complexity index is 843. The second-order valence-corrected chi connectivity index (χ2v) is 8.51. The third kappa shape index (κ3) is 9.43. The van der Waals surface area contributed by atoms with E-state index >= 15 is 0 Å². The van der Waals surface area contributed by atoms with Crippen LogP contribution in [0.1, 0.15) is 51.5 Å². The lowest BCUT2D eigenvalue weighted by atomic mass is 10.1. The van der Waals surface area contributed by atoms with Crippen LogP contribution in [-0.4, -0.2) is 60.1 Å². The number of imide groups is 1. The molecule has 180 valence electrons. The maximum absolute atomic E-state index is 12.0. The molecule has 1 aliphatic rings. The number of likely N-dealkylation sites (tertiary alicyclic amines) is 1. The monoisotopic (exact) mass is 458 g/mol. The molecule has 1 fully saturated rings. The van der Waals surface area contributed by atoms with E-state index < -0.39 is 5.91 Å². The molecule has 2 atom stereocenters.